The van der Waals surface area contributed by atoms with Gasteiger partial charge in [0.2, 0.25) is 0 Å². The molecule has 1 aliphatic rings. The minimum atomic E-state index is -0.518. The molecule has 0 aromatic carbocycles. The third-order valence-electron chi connectivity index (χ3n) is 3.34. The van der Waals surface area contributed by atoms with E-state index in [0.717, 1.165) is 17.8 Å². The van der Waals surface area contributed by atoms with Crippen molar-refractivity contribution in [1.82, 2.24) is 9.88 Å². The summed E-state index contributed by atoms with van der Waals surface area (Å²) in [5.41, 5.74) is -0.464. The van der Waals surface area contributed by atoms with Crippen LogP contribution in [-0.4, -0.2) is 39.8 Å². The van der Waals surface area contributed by atoms with Crippen molar-refractivity contribution in [3.05, 3.63) is 16.6 Å². The lowest BCUT2D eigenvalue weighted by Gasteiger charge is -2.34. The molecule has 0 radical (unpaired) electrons. The van der Waals surface area contributed by atoms with Crippen LogP contribution in [0.25, 0.3) is 0 Å². The van der Waals surface area contributed by atoms with Gasteiger partial charge in [0.15, 0.2) is 0 Å². The average molecular weight is 298 g/mol. The monoisotopic (exact) mass is 298 g/mol. The number of hydrogen-bond donors (Lipinski definition) is 1. The van der Waals surface area contributed by atoms with Crippen molar-refractivity contribution in [2.45, 2.75) is 45.3 Å². The SMILES string of the molecule is CC(C)(C)OC(=O)N1CCC([C@@H](O)c2nccs2)CC1. The number of aliphatic hydroxyl groups is 1. The first-order chi connectivity index (χ1) is 9.37. The molecule has 2 heterocycles. The Balaban J connectivity index is 1.85. The summed E-state index contributed by atoms with van der Waals surface area (Å²) in [6, 6.07) is 0. The highest BCUT2D eigenvalue weighted by Crippen LogP contribution is 2.31. The zero-order valence-electron chi connectivity index (χ0n) is 12.2. The second-order valence-electron chi connectivity index (χ2n) is 6.12. The van der Waals surface area contributed by atoms with Crippen LogP contribution in [0.4, 0.5) is 4.79 Å². The molecule has 1 fully saturated rings. The van der Waals surface area contributed by atoms with Crippen LogP contribution < -0.4 is 0 Å². The normalized spacial score (nSPS) is 18.9. The summed E-state index contributed by atoms with van der Waals surface area (Å²) in [7, 11) is 0. The summed E-state index contributed by atoms with van der Waals surface area (Å²) < 4.78 is 5.36. The van der Waals surface area contributed by atoms with Crippen LogP contribution in [0.1, 0.15) is 44.7 Å². The molecule has 0 unspecified atom stereocenters. The molecule has 1 aromatic rings. The topological polar surface area (TPSA) is 62.7 Å². The van der Waals surface area contributed by atoms with Gasteiger partial charge in [-0.1, -0.05) is 0 Å². The van der Waals surface area contributed by atoms with Gasteiger partial charge < -0.3 is 14.7 Å². The van der Waals surface area contributed by atoms with Gasteiger partial charge in [-0.05, 0) is 39.5 Å². The molecule has 0 bridgehead atoms. The molecular weight excluding hydrogens is 276 g/mol. The summed E-state index contributed by atoms with van der Waals surface area (Å²) in [5, 5.41) is 12.9. The molecule has 1 saturated heterocycles. The zero-order chi connectivity index (χ0) is 14.8. The highest BCUT2D eigenvalue weighted by atomic mass is 32.1. The van der Waals surface area contributed by atoms with E-state index in [9.17, 15) is 9.90 Å². The number of hydrogen-bond acceptors (Lipinski definition) is 5. The number of nitrogens with zero attached hydrogens (tertiary/aromatic N) is 2. The van der Waals surface area contributed by atoms with E-state index in [1.165, 1.54) is 11.3 Å². The Hall–Kier alpha value is -1.14. The first-order valence-corrected chi connectivity index (χ1v) is 7.80. The van der Waals surface area contributed by atoms with Crippen LogP contribution >= 0.6 is 11.3 Å². The third-order valence-corrected chi connectivity index (χ3v) is 4.19. The predicted octanol–water partition coefficient (Wildman–Crippen LogP) is 2.82. The number of likely N-dealkylation sites (tertiary alicyclic amines) is 1. The highest BCUT2D eigenvalue weighted by molar-refractivity contribution is 7.09. The molecule has 0 spiro atoms. The predicted molar refractivity (Wildman–Crippen MR) is 77.6 cm³/mol. The standard InChI is InChI=1S/C14H22N2O3S/c1-14(2,3)19-13(18)16-7-4-10(5-8-16)11(17)12-15-6-9-20-12/h6,9-11,17H,4-5,7-8H2,1-3H3/t11-/m1/s1. The van der Waals surface area contributed by atoms with Gasteiger partial charge >= 0.3 is 6.09 Å². The molecule has 1 atom stereocenters. The zero-order valence-corrected chi connectivity index (χ0v) is 13.0. The van der Waals surface area contributed by atoms with Crippen molar-refractivity contribution >= 4 is 17.4 Å². The fourth-order valence-electron chi connectivity index (χ4n) is 2.31. The van der Waals surface area contributed by atoms with E-state index < -0.39 is 11.7 Å². The van der Waals surface area contributed by atoms with E-state index >= 15 is 0 Å². The van der Waals surface area contributed by atoms with Crippen molar-refractivity contribution < 1.29 is 14.6 Å². The lowest BCUT2D eigenvalue weighted by molar-refractivity contribution is 0.00765. The van der Waals surface area contributed by atoms with Crippen LogP contribution in [0.2, 0.25) is 0 Å². The fraction of sp³-hybridized carbons (Fsp3) is 0.714. The smallest absolute Gasteiger partial charge is 0.410 e. The Labute approximate surface area is 123 Å². The van der Waals surface area contributed by atoms with Crippen LogP contribution in [0.5, 0.6) is 0 Å². The van der Waals surface area contributed by atoms with E-state index in [-0.39, 0.29) is 12.0 Å². The second-order valence-corrected chi connectivity index (χ2v) is 7.05. The van der Waals surface area contributed by atoms with Gasteiger partial charge in [-0.3, -0.25) is 0 Å². The number of carbonyl (C=O) groups is 1. The molecule has 0 saturated carbocycles. The van der Waals surface area contributed by atoms with Gasteiger partial charge in [-0.25, -0.2) is 9.78 Å². The molecule has 1 aromatic heterocycles. The molecule has 1 amide bonds. The lowest BCUT2D eigenvalue weighted by Crippen LogP contribution is -2.42. The first kappa shape index (κ1) is 15.3. The number of ether oxygens (including phenoxy) is 1. The fourth-order valence-corrected chi connectivity index (χ4v) is 3.02. The van der Waals surface area contributed by atoms with Crippen molar-refractivity contribution in [3.8, 4) is 0 Å². The molecule has 6 heteroatoms. The van der Waals surface area contributed by atoms with Crippen molar-refractivity contribution in [2.24, 2.45) is 5.92 Å². The number of carbonyl (C=O) groups excluding carboxylic acids is 1. The molecule has 2 rings (SSSR count). The van der Waals surface area contributed by atoms with E-state index in [1.54, 1.807) is 11.1 Å². The van der Waals surface area contributed by atoms with Crippen LogP contribution in [0.3, 0.4) is 0 Å². The maximum atomic E-state index is 11.9. The summed E-state index contributed by atoms with van der Waals surface area (Å²) >= 11 is 1.47. The summed E-state index contributed by atoms with van der Waals surface area (Å²) in [5.74, 6) is 0.167. The molecule has 1 N–H and O–H groups in total. The number of aliphatic hydroxyl groups excluding tert-OH is 1. The molecule has 112 valence electrons. The Kier molecular flexibility index (Phi) is 4.65. The van der Waals surface area contributed by atoms with Crippen LogP contribution in [0, 0.1) is 5.92 Å². The Morgan fingerprint density at radius 1 is 1.50 bits per heavy atom. The van der Waals surface area contributed by atoms with Gasteiger partial charge in [-0.2, -0.15) is 0 Å². The summed E-state index contributed by atoms with van der Waals surface area (Å²) in [6.07, 6.45) is 2.48. The molecule has 1 aliphatic heterocycles. The van der Waals surface area contributed by atoms with Crippen molar-refractivity contribution in [1.29, 1.82) is 0 Å². The Morgan fingerprint density at radius 2 is 2.15 bits per heavy atom. The van der Waals surface area contributed by atoms with Crippen LogP contribution in [0.15, 0.2) is 11.6 Å². The Morgan fingerprint density at radius 3 is 2.65 bits per heavy atom. The summed E-state index contributed by atoms with van der Waals surface area (Å²) in [6.45, 7) is 6.85. The number of thiazole rings is 1. The molecule has 5 nitrogen and oxygen atoms in total. The minimum Gasteiger partial charge on any atom is -0.444 e. The highest BCUT2D eigenvalue weighted by Gasteiger charge is 2.31. The van der Waals surface area contributed by atoms with Gasteiger partial charge in [0.05, 0.1) is 0 Å². The molecule has 0 aliphatic carbocycles. The van der Waals surface area contributed by atoms with E-state index in [0.29, 0.717) is 13.1 Å². The minimum absolute atomic E-state index is 0.167. The van der Waals surface area contributed by atoms with Crippen LogP contribution in [-0.2, 0) is 4.74 Å². The molecule has 20 heavy (non-hydrogen) atoms. The van der Waals surface area contributed by atoms with Gasteiger partial charge in [-0.15, -0.1) is 11.3 Å². The number of aromatic nitrogens is 1. The van der Waals surface area contributed by atoms with Gasteiger partial charge in [0, 0.05) is 24.7 Å². The maximum absolute atomic E-state index is 11.9. The van der Waals surface area contributed by atoms with Gasteiger partial charge in [0.25, 0.3) is 0 Å². The largest absolute Gasteiger partial charge is 0.444 e. The first-order valence-electron chi connectivity index (χ1n) is 6.92. The number of rotatable bonds is 2. The summed E-state index contributed by atoms with van der Waals surface area (Å²) in [4.78, 5) is 17.8. The van der Waals surface area contributed by atoms with Crippen molar-refractivity contribution in [3.63, 3.8) is 0 Å². The lowest BCUT2D eigenvalue weighted by atomic mass is 9.91. The average Bonchev–Trinajstić information content (AvgIpc) is 2.90. The third kappa shape index (κ3) is 3.93. The van der Waals surface area contributed by atoms with E-state index in [1.807, 2.05) is 26.2 Å². The quantitative estimate of drug-likeness (QED) is 0.912. The second kappa shape index (κ2) is 6.10. The van der Waals surface area contributed by atoms with E-state index in [2.05, 4.69) is 4.98 Å². The number of amides is 1. The van der Waals surface area contributed by atoms with Gasteiger partial charge in [0.1, 0.15) is 16.7 Å². The van der Waals surface area contributed by atoms with E-state index in [4.69, 9.17) is 4.74 Å². The van der Waals surface area contributed by atoms with Crippen molar-refractivity contribution in [2.75, 3.05) is 13.1 Å². The Bertz CT molecular complexity index is 434. The maximum Gasteiger partial charge on any atom is 0.410 e. The molecular formula is C14H22N2O3S. The number of piperidine rings is 1.